The molecule has 2 radical (unpaired) electrons. The number of ketones is 1. The molecule has 3 atom stereocenters. The largest absolute Gasteiger partial charge is 0.463 e. The Morgan fingerprint density at radius 1 is 1.43 bits per heavy atom. The molecule has 124 valence electrons. The van der Waals surface area contributed by atoms with Gasteiger partial charge in [-0.1, -0.05) is 18.6 Å². The number of carbonyl (C=O) groups is 3. The van der Waals surface area contributed by atoms with Crippen molar-refractivity contribution in [2.75, 3.05) is 6.61 Å². The molecule has 0 bridgehead atoms. The van der Waals surface area contributed by atoms with E-state index in [9.17, 15) is 14.4 Å². The Bertz CT molecular complexity index is 547. The van der Waals surface area contributed by atoms with Gasteiger partial charge < -0.3 is 14.9 Å². The summed E-state index contributed by atoms with van der Waals surface area (Å²) in [4.78, 5) is 35.0. The molecule has 23 heavy (non-hydrogen) atoms. The van der Waals surface area contributed by atoms with Gasteiger partial charge in [-0.05, 0) is 6.42 Å². The maximum Gasteiger partial charge on any atom is 0.316 e. The van der Waals surface area contributed by atoms with E-state index >= 15 is 0 Å². The van der Waals surface area contributed by atoms with E-state index in [-0.39, 0.29) is 12.3 Å². The number of ether oxygens (including phenoxy) is 2. The lowest BCUT2D eigenvalue weighted by molar-refractivity contribution is -0.159. The molecule has 3 unspecified atom stereocenters. The van der Waals surface area contributed by atoms with Gasteiger partial charge in [-0.2, -0.15) is 10.1 Å². The molecule has 2 aliphatic heterocycles. The van der Waals surface area contributed by atoms with Gasteiger partial charge in [0.1, 0.15) is 6.61 Å². The van der Waals surface area contributed by atoms with E-state index in [0.29, 0.717) is 12.8 Å². The van der Waals surface area contributed by atoms with Crippen molar-refractivity contribution < 1.29 is 23.9 Å². The van der Waals surface area contributed by atoms with Crippen molar-refractivity contribution in [2.24, 2.45) is 10.3 Å². The first kappa shape index (κ1) is 17.2. The van der Waals surface area contributed by atoms with E-state index in [4.69, 9.17) is 14.9 Å². The summed E-state index contributed by atoms with van der Waals surface area (Å²) in [6.45, 7) is 3.16. The summed E-state index contributed by atoms with van der Waals surface area (Å²) in [7, 11) is 0. The minimum Gasteiger partial charge on any atom is -0.463 e. The summed E-state index contributed by atoms with van der Waals surface area (Å²) in [6.07, 6.45) is 2.83. The molecule has 9 heteroatoms. The van der Waals surface area contributed by atoms with Gasteiger partial charge in [-0.15, -0.1) is 0 Å². The van der Waals surface area contributed by atoms with E-state index in [2.05, 4.69) is 10.3 Å². The fraction of sp³-hybridized carbons (Fsp3) is 0.571. The normalized spacial score (nSPS) is 27.4. The zero-order valence-corrected chi connectivity index (χ0v) is 12.9. The predicted molar refractivity (Wildman–Crippen MR) is 77.0 cm³/mol. The number of hydrogen-bond acceptors (Lipinski definition) is 8. The van der Waals surface area contributed by atoms with Gasteiger partial charge in [-0.25, -0.2) is 0 Å². The Morgan fingerprint density at radius 2 is 2.17 bits per heavy atom. The van der Waals surface area contributed by atoms with Crippen LogP contribution in [0.15, 0.2) is 10.3 Å². The maximum absolute atomic E-state index is 12.1. The molecule has 1 N–H and O–H groups in total. The Kier molecular flexibility index (Phi) is 5.54. The summed E-state index contributed by atoms with van der Waals surface area (Å²) in [5, 5.41) is 16.1. The van der Waals surface area contributed by atoms with Crippen molar-refractivity contribution >= 4 is 23.4 Å². The quantitative estimate of drug-likeness (QED) is 0.437. The molecule has 0 aliphatic carbocycles. The van der Waals surface area contributed by atoms with E-state index in [1.165, 1.54) is 13.3 Å². The van der Waals surface area contributed by atoms with Crippen LogP contribution in [-0.4, -0.2) is 53.4 Å². The second-order valence-corrected chi connectivity index (χ2v) is 5.15. The molecule has 9 nitrogen and oxygen atoms in total. The lowest BCUT2D eigenvalue weighted by Gasteiger charge is -2.26. The molecular weight excluding hydrogens is 304 g/mol. The van der Waals surface area contributed by atoms with Crippen LogP contribution < -0.4 is 0 Å². The molecule has 1 fully saturated rings. The highest BCUT2D eigenvalue weighted by Gasteiger charge is 2.42. The van der Waals surface area contributed by atoms with Crippen molar-refractivity contribution in [1.29, 1.82) is 5.41 Å². The maximum atomic E-state index is 12.1. The van der Waals surface area contributed by atoms with E-state index in [0.717, 1.165) is 5.01 Å². The van der Waals surface area contributed by atoms with Crippen molar-refractivity contribution in [2.45, 2.75) is 45.1 Å². The monoisotopic (exact) mass is 322 g/mol. The first-order valence-corrected chi connectivity index (χ1v) is 7.26. The molecule has 1 amide bonds. The van der Waals surface area contributed by atoms with Crippen LogP contribution in [0, 0.1) is 18.3 Å². The molecule has 2 rings (SSSR count). The predicted octanol–water partition coefficient (Wildman–Crippen LogP) is 0.650. The number of nitrogens with one attached hydrogen (secondary N) is 1. The number of nitrogens with zero attached hydrogens (tertiary/aromatic N) is 3. The first-order chi connectivity index (χ1) is 10.9. The van der Waals surface area contributed by atoms with Crippen molar-refractivity contribution in [3.05, 3.63) is 12.8 Å². The summed E-state index contributed by atoms with van der Waals surface area (Å²) in [5.41, 5.74) is 0.0740. The summed E-state index contributed by atoms with van der Waals surface area (Å²) in [6, 6.07) is -1.14. The van der Waals surface area contributed by atoms with Crippen LogP contribution in [0.3, 0.4) is 0 Å². The fourth-order valence-electron chi connectivity index (χ4n) is 2.15. The number of rotatable bonds is 6. The second kappa shape index (κ2) is 7.40. The topological polar surface area (TPSA) is 121 Å². The number of esters is 1. The average Bonchev–Trinajstić information content (AvgIpc) is 2.96. The van der Waals surface area contributed by atoms with Gasteiger partial charge in [-0.3, -0.25) is 14.4 Å². The number of amides is 1. The highest BCUT2D eigenvalue weighted by molar-refractivity contribution is 6.42. The second-order valence-electron chi connectivity index (χ2n) is 5.15. The van der Waals surface area contributed by atoms with Gasteiger partial charge in [0.15, 0.2) is 12.3 Å². The molecule has 0 aromatic carbocycles. The Morgan fingerprint density at radius 3 is 2.83 bits per heavy atom. The third-order valence-electron chi connectivity index (χ3n) is 3.28. The molecule has 0 aromatic heterocycles. The zero-order chi connectivity index (χ0) is 17.0. The Labute approximate surface area is 133 Å². The van der Waals surface area contributed by atoms with E-state index in [1.54, 1.807) is 6.42 Å². The number of hydrogen-bond donors (Lipinski definition) is 1. The van der Waals surface area contributed by atoms with Crippen molar-refractivity contribution in [1.82, 2.24) is 5.01 Å². The third kappa shape index (κ3) is 3.98. The van der Waals surface area contributed by atoms with Crippen LogP contribution in [0.1, 0.15) is 26.7 Å². The molecule has 1 saturated heterocycles. The highest BCUT2D eigenvalue weighted by atomic mass is 16.6. The van der Waals surface area contributed by atoms with Crippen molar-refractivity contribution in [3.63, 3.8) is 0 Å². The minimum atomic E-state index is -1.14. The van der Waals surface area contributed by atoms with Crippen LogP contribution in [0.4, 0.5) is 0 Å². The molecule has 0 spiro atoms. The highest BCUT2D eigenvalue weighted by Crippen LogP contribution is 2.24. The SMILES string of the molecule is CCCC(=N)C1N=NN(C2[CH][CH]C(COC(C)=O)O2)C(=O)C1=O. The molecule has 0 saturated carbocycles. The molecule has 0 aromatic rings. The fourth-order valence-corrected chi connectivity index (χ4v) is 2.15. The van der Waals surface area contributed by atoms with Gasteiger partial charge in [0.05, 0.1) is 6.10 Å². The average molecular weight is 322 g/mol. The van der Waals surface area contributed by atoms with Crippen LogP contribution in [0.25, 0.3) is 0 Å². The van der Waals surface area contributed by atoms with Crippen LogP contribution in [-0.2, 0) is 23.9 Å². The van der Waals surface area contributed by atoms with Gasteiger partial charge in [0.2, 0.25) is 0 Å². The molecule has 2 aliphatic rings. The third-order valence-corrected chi connectivity index (χ3v) is 3.28. The van der Waals surface area contributed by atoms with Gasteiger partial charge >= 0.3 is 11.9 Å². The molecule has 2 heterocycles. The van der Waals surface area contributed by atoms with Gasteiger partial charge in [0.25, 0.3) is 5.78 Å². The standard InChI is InChI=1S/C14H18N4O5/c1-3-4-10(15)12-13(20)14(21)18(17-16-12)11-6-5-9(23-11)7-22-8(2)19/h5-6,9,11-12,15H,3-4,7H2,1-2H3. The number of carbonyl (C=O) groups excluding carboxylic acids is 3. The minimum absolute atomic E-state index is 0.0131. The summed E-state index contributed by atoms with van der Waals surface area (Å²) >= 11 is 0. The first-order valence-electron chi connectivity index (χ1n) is 7.26. The lowest BCUT2D eigenvalue weighted by Crippen LogP contribution is -2.48. The van der Waals surface area contributed by atoms with Crippen molar-refractivity contribution in [3.8, 4) is 0 Å². The van der Waals surface area contributed by atoms with Gasteiger partial charge in [0, 0.05) is 25.5 Å². The van der Waals surface area contributed by atoms with Crippen LogP contribution in [0.2, 0.25) is 0 Å². The van der Waals surface area contributed by atoms with Crippen LogP contribution in [0.5, 0.6) is 0 Å². The summed E-state index contributed by atoms with van der Waals surface area (Å²) < 4.78 is 10.3. The lowest BCUT2D eigenvalue weighted by atomic mass is 10.0. The zero-order valence-electron chi connectivity index (χ0n) is 12.9. The van der Waals surface area contributed by atoms with E-state index < -0.39 is 36.0 Å². The van der Waals surface area contributed by atoms with Crippen LogP contribution >= 0.6 is 0 Å². The summed E-state index contributed by atoms with van der Waals surface area (Å²) in [5.74, 6) is -2.10. The Balaban J connectivity index is 1.98. The smallest absolute Gasteiger partial charge is 0.316 e. The number of Topliss-reactive ketones (excluding diaryl/α,β-unsaturated/α-hetero) is 1. The molecular formula is C14H18N4O5. The van der Waals surface area contributed by atoms with E-state index in [1.807, 2.05) is 6.92 Å². The Hall–Kier alpha value is -2.16.